The molecule has 0 saturated carbocycles. The van der Waals surface area contributed by atoms with Crippen molar-refractivity contribution in [3.05, 3.63) is 23.5 Å². The van der Waals surface area contributed by atoms with E-state index in [0.717, 1.165) is 0 Å². The molecule has 84 valence electrons. The SMILES string of the molecule is Nc1ccc(N(CCO)CCO)c[n+]1[O-]. The summed E-state index contributed by atoms with van der Waals surface area (Å²) in [5, 5.41) is 28.8. The molecule has 0 aromatic carbocycles. The highest BCUT2D eigenvalue weighted by Crippen LogP contribution is 2.11. The second-order valence-electron chi connectivity index (χ2n) is 3.07. The summed E-state index contributed by atoms with van der Waals surface area (Å²) in [7, 11) is 0. The molecule has 6 nitrogen and oxygen atoms in total. The Labute approximate surface area is 87.8 Å². The molecule has 0 fully saturated rings. The Balaban J connectivity index is 2.85. The minimum atomic E-state index is -0.0385. The predicted molar refractivity (Wildman–Crippen MR) is 56.2 cm³/mol. The zero-order chi connectivity index (χ0) is 11.3. The number of nitrogens with zero attached hydrogens (tertiary/aromatic N) is 2. The summed E-state index contributed by atoms with van der Waals surface area (Å²) in [6, 6.07) is 3.17. The second kappa shape index (κ2) is 5.38. The van der Waals surface area contributed by atoms with Crippen LogP contribution in [0.4, 0.5) is 11.5 Å². The molecule has 6 heteroatoms. The monoisotopic (exact) mass is 213 g/mol. The van der Waals surface area contributed by atoms with Crippen molar-refractivity contribution < 1.29 is 14.9 Å². The van der Waals surface area contributed by atoms with Crippen LogP contribution in [0.5, 0.6) is 0 Å². The van der Waals surface area contributed by atoms with Crippen LogP contribution in [0.3, 0.4) is 0 Å². The summed E-state index contributed by atoms with van der Waals surface area (Å²) in [4.78, 5) is 1.70. The van der Waals surface area contributed by atoms with Crippen LogP contribution in [0.1, 0.15) is 0 Å². The third kappa shape index (κ3) is 2.97. The molecule has 0 aliphatic carbocycles. The van der Waals surface area contributed by atoms with Gasteiger partial charge in [0.05, 0.1) is 18.9 Å². The van der Waals surface area contributed by atoms with Crippen LogP contribution in [0.25, 0.3) is 0 Å². The molecule has 1 heterocycles. The highest BCUT2D eigenvalue weighted by atomic mass is 16.5. The van der Waals surface area contributed by atoms with Crippen molar-refractivity contribution in [1.29, 1.82) is 0 Å². The van der Waals surface area contributed by atoms with Crippen LogP contribution >= 0.6 is 0 Å². The first-order valence-electron chi connectivity index (χ1n) is 4.64. The minimum absolute atomic E-state index is 0.0385. The van der Waals surface area contributed by atoms with E-state index < -0.39 is 0 Å². The van der Waals surface area contributed by atoms with Gasteiger partial charge in [0.1, 0.15) is 6.20 Å². The molecule has 0 bridgehead atoms. The lowest BCUT2D eigenvalue weighted by atomic mass is 10.3. The van der Waals surface area contributed by atoms with Gasteiger partial charge in [0, 0.05) is 19.2 Å². The quantitative estimate of drug-likeness (QED) is 0.417. The van der Waals surface area contributed by atoms with Gasteiger partial charge in [-0.1, -0.05) is 0 Å². The summed E-state index contributed by atoms with van der Waals surface area (Å²) in [5.41, 5.74) is 6.00. The van der Waals surface area contributed by atoms with Gasteiger partial charge in [-0.3, -0.25) is 5.73 Å². The molecule has 0 atom stereocenters. The second-order valence-corrected chi connectivity index (χ2v) is 3.07. The Hall–Kier alpha value is -1.53. The molecule has 0 aliphatic rings. The third-order valence-corrected chi connectivity index (χ3v) is 2.03. The predicted octanol–water partition coefficient (Wildman–Crippen LogP) is -1.31. The summed E-state index contributed by atoms with van der Waals surface area (Å²) < 4.78 is 0.553. The lowest BCUT2D eigenvalue weighted by molar-refractivity contribution is -0.589. The van der Waals surface area contributed by atoms with E-state index in [1.807, 2.05) is 0 Å². The maximum atomic E-state index is 11.2. The topological polar surface area (TPSA) is 96.7 Å². The standard InChI is InChI=1S/C9H15N3O3/c10-9-2-1-8(7-12(9)15)11(3-5-13)4-6-14/h1-2,7,13-14H,3-6,10H2. The van der Waals surface area contributed by atoms with Crippen LogP contribution in [0.2, 0.25) is 0 Å². The lowest BCUT2D eigenvalue weighted by Crippen LogP contribution is -2.35. The number of pyridine rings is 1. The van der Waals surface area contributed by atoms with Crippen LogP contribution in [-0.4, -0.2) is 36.5 Å². The number of nitrogens with two attached hydrogens (primary N) is 1. The molecule has 1 aromatic rings. The van der Waals surface area contributed by atoms with Crippen LogP contribution < -0.4 is 15.4 Å². The van der Waals surface area contributed by atoms with Gasteiger partial charge in [0.25, 0.3) is 5.82 Å². The average Bonchev–Trinajstić information content (AvgIpc) is 2.22. The fourth-order valence-electron chi connectivity index (χ4n) is 1.28. The molecule has 0 saturated heterocycles. The molecule has 4 N–H and O–H groups in total. The highest BCUT2D eigenvalue weighted by Gasteiger charge is 2.07. The van der Waals surface area contributed by atoms with Crippen molar-refractivity contribution in [2.24, 2.45) is 0 Å². The fraction of sp³-hybridized carbons (Fsp3) is 0.444. The summed E-state index contributed by atoms with van der Waals surface area (Å²) in [6.07, 6.45) is 1.32. The molecule has 1 rings (SSSR count). The van der Waals surface area contributed by atoms with Gasteiger partial charge in [-0.25, -0.2) is 4.73 Å². The van der Waals surface area contributed by atoms with Crippen molar-refractivity contribution in [1.82, 2.24) is 0 Å². The molecular formula is C9H15N3O3. The Morgan fingerprint density at radius 2 is 1.87 bits per heavy atom. The van der Waals surface area contributed by atoms with E-state index in [9.17, 15) is 5.21 Å². The largest absolute Gasteiger partial charge is 0.711 e. The van der Waals surface area contributed by atoms with Gasteiger partial charge < -0.3 is 20.3 Å². The molecule has 0 amide bonds. The Kier molecular flexibility index (Phi) is 4.14. The van der Waals surface area contributed by atoms with Crippen LogP contribution in [0, 0.1) is 5.21 Å². The number of aliphatic hydroxyl groups is 2. The van der Waals surface area contributed by atoms with E-state index in [1.165, 1.54) is 12.3 Å². The molecule has 0 unspecified atom stereocenters. The van der Waals surface area contributed by atoms with Crippen molar-refractivity contribution in [2.75, 3.05) is 36.9 Å². The minimum Gasteiger partial charge on any atom is -0.711 e. The molecule has 0 spiro atoms. The van der Waals surface area contributed by atoms with Crippen molar-refractivity contribution in [3.63, 3.8) is 0 Å². The first-order chi connectivity index (χ1) is 7.19. The normalized spacial score (nSPS) is 10.3. The zero-order valence-electron chi connectivity index (χ0n) is 8.33. The number of hydrogen-bond donors (Lipinski definition) is 3. The van der Waals surface area contributed by atoms with Gasteiger partial charge in [-0.15, -0.1) is 0 Å². The van der Waals surface area contributed by atoms with E-state index in [2.05, 4.69) is 0 Å². The Morgan fingerprint density at radius 3 is 2.33 bits per heavy atom. The van der Waals surface area contributed by atoms with Gasteiger partial charge in [-0.2, -0.15) is 0 Å². The number of aliphatic hydroxyl groups excluding tert-OH is 2. The van der Waals surface area contributed by atoms with Crippen LogP contribution in [-0.2, 0) is 0 Å². The number of rotatable bonds is 5. The third-order valence-electron chi connectivity index (χ3n) is 2.03. The average molecular weight is 213 g/mol. The van der Waals surface area contributed by atoms with Gasteiger partial charge >= 0.3 is 0 Å². The summed E-state index contributed by atoms with van der Waals surface area (Å²) >= 11 is 0. The zero-order valence-corrected chi connectivity index (χ0v) is 8.33. The van der Waals surface area contributed by atoms with Crippen molar-refractivity contribution >= 4 is 11.5 Å². The smallest absolute Gasteiger partial charge is 0.275 e. The van der Waals surface area contributed by atoms with E-state index in [-0.39, 0.29) is 19.0 Å². The van der Waals surface area contributed by atoms with E-state index in [4.69, 9.17) is 15.9 Å². The molecular weight excluding hydrogens is 198 g/mol. The first-order valence-corrected chi connectivity index (χ1v) is 4.64. The maximum Gasteiger partial charge on any atom is 0.275 e. The molecule has 0 aliphatic heterocycles. The van der Waals surface area contributed by atoms with Gasteiger partial charge in [-0.05, 0) is 6.07 Å². The maximum absolute atomic E-state index is 11.2. The highest BCUT2D eigenvalue weighted by molar-refractivity contribution is 5.45. The number of nitrogen functional groups attached to an aromatic ring is 1. The molecule has 15 heavy (non-hydrogen) atoms. The summed E-state index contributed by atoms with van der Waals surface area (Å²) in [6.45, 7) is 0.654. The summed E-state index contributed by atoms with van der Waals surface area (Å²) in [5.74, 6) is 0.117. The van der Waals surface area contributed by atoms with Crippen molar-refractivity contribution in [2.45, 2.75) is 0 Å². The Bertz CT molecular complexity index is 313. The fourth-order valence-corrected chi connectivity index (χ4v) is 1.28. The van der Waals surface area contributed by atoms with Crippen LogP contribution in [0.15, 0.2) is 18.3 Å². The first kappa shape index (κ1) is 11.5. The van der Waals surface area contributed by atoms with E-state index in [1.54, 1.807) is 11.0 Å². The number of hydrogen-bond acceptors (Lipinski definition) is 5. The van der Waals surface area contributed by atoms with E-state index >= 15 is 0 Å². The van der Waals surface area contributed by atoms with E-state index in [0.29, 0.717) is 23.5 Å². The Morgan fingerprint density at radius 1 is 1.27 bits per heavy atom. The number of aromatic nitrogens is 1. The van der Waals surface area contributed by atoms with Crippen molar-refractivity contribution in [3.8, 4) is 0 Å². The molecule has 1 aromatic heterocycles. The number of anilines is 2. The molecule has 0 radical (unpaired) electrons. The lowest BCUT2D eigenvalue weighted by Gasteiger charge is -2.22. The van der Waals surface area contributed by atoms with Gasteiger partial charge in [0.2, 0.25) is 0 Å². The van der Waals surface area contributed by atoms with Gasteiger partial charge in [0.15, 0.2) is 0 Å².